The van der Waals surface area contributed by atoms with Crippen LogP contribution in [-0.4, -0.2) is 0 Å². The maximum atomic E-state index is 3.63. The van der Waals surface area contributed by atoms with Gasteiger partial charge in [-0.25, -0.2) is 0 Å². The summed E-state index contributed by atoms with van der Waals surface area (Å²) < 4.78 is 0. The molecule has 0 fully saturated rings. The second kappa shape index (κ2) is 7.59. The van der Waals surface area contributed by atoms with Crippen LogP contribution in [0.3, 0.4) is 0 Å². The van der Waals surface area contributed by atoms with Crippen molar-refractivity contribution in [3.05, 3.63) is 24.8 Å². The van der Waals surface area contributed by atoms with Crippen molar-refractivity contribution in [2.45, 2.75) is 39.5 Å². The Hall–Kier alpha value is -0.520. The Kier molecular flexibility index (Phi) is 7.23. The molecule has 1 atom stereocenters. The quantitative estimate of drug-likeness (QED) is 0.506. The van der Waals surface area contributed by atoms with Gasteiger partial charge in [-0.3, -0.25) is 0 Å². The molecule has 0 spiro atoms. The molecule has 0 aliphatic carbocycles. The van der Waals surface area contributed by atoms with Crippen molar-refractivity contribution in [2.24, 2.45) is 5.92 Å². The van der Waals surface area contributed by atoms with Gasteiger partial charge >= 0.3 is 0 Å². The lowest BCUT2D eigenvalue weighted by molar-refractivity contribution is 0.491. The van der Waals surface area contributed by atoms with Gasteiger partial charge in [0.25, 0.3) is 0 Å². The van der Waals surface area contributed by atoms with Gasteiger partial charge in [-0.05, 0) is 18.8 Å². The van der Waals surface area contributed by atoms with Gasteiger partial charge in [0, 0.05) is 0 Å². The first kappa shape index (κ1) is 10.5. The zero-order valence-corrected chi connectivity index (χ0v) is 7.84. The number of rotatable bonds is 6. The lowest BCUT2D eigenvalue weighted by atomic mass is 10.0. The van der Waals surface area contributed by atoms with Crippen molar-refractivity contribution in [1.29, 1.82) is 0 Å². The predicted molar refractivity (Wildman–Crippen MR) is 52.6 cm³/mol. The van der Waals surface area contributed by atoms with Crippen LogP contribution in [0.2, 0.25) is 0 Å². The SMILES string of the molecule is C=C/C=C/CCC(C)CCC. The smallest absolute Gasteiger partial charge is 0.0345 e. The van der Waals surface area contributed by atoms with Crippen LogP contribution in [0.25, 0.3) is 0 Å². The fourth-order valence-corrected chi connectivity index (χ4v) is 1.21. The first-order valence-corrected chi connectivity index (χ1v) is 4.58. The van der Waals surface area contributed by atoms with E-state index in [2.05, 4.69) is 26.5 Å². The highest BCUT2D eigenvalue weighted by Crippen LogP contribution is 2.12. The van der Waals surface area contributed by atoms with Crippen LogP contribution < -0.4 is 0 Å². The van der Waals surface area contributed by atoms with Crippen LogP contribution in [0, 0.1) is 5.92 Å². The molecule has 0 aromatic carbocycles. The molecule has 0 nitrogen and oxygen atoms in total. The first-order valence-electron chi connectivity index (χ1n) is 4.58. The van der Waals surface area contributed by atoms with Gasteiger partial charge in [0.15, 0.2) is 0 Å². The largest absolute Gasteiger partial charge is 0.0991 e. The maximum Gasteiger partial charge on any atom is -0.0345 e. The molecule has 0 rings (SSSR count). The summed E-state index contributed by atoms with van der Waals surface area (Å²) in [5.74, 6) is 0.884. The summed E-state index contributed by atoms with van der Waals surface area (Å²) >= 11 is 0. The van der Waals surface area contributed by atoms with Crippen LogP contribution >= 0.6 is 0 Å². The highest BCUT2D eigenvalue weighted by molar-refractivity contribution is 4.96. The van der Waals surface area contributed by atoms with Gasteiger partial charge in [0.05, 0.1) is 0 Å². The fraction of sp³-hybridized carbons (Fsp3) is 0.636. The van der Waals surface area contributed by atoms with Crippen LogP contribution in [0.5, 0.6) is 0 Å². The lowest BCUT2D eigenvalue weighted by Crippen LogP contribution is -1.91. The van der Waals surface area contributed by atoms with E-state index >= 15 is 0 Å². The van der Waals surface area contributed by atoms with Crippen molar-refractivity contribution in [3.8, 4) is 0 Å². The Bertz CT molecular complexity index is 111. The second-order valence-corrected chi connectivity index (χ2v) is 3.14. The summed E-state index contributed by atoms with van der Waals surface area (Å²) in [7, 11) is 0. The Balaban J connectivity index is 3.22. The number of hydrogen-bond donors (Lipinski definition) is 0. The molecule has 0 aliphatic rings. The standard InChI is InChI=1S/C11H20/c1-4-6-7-8-10-11(3)9-5-2/h4,6-7,11H,1,5,8-10H2,2-3H3/b7-6+. The van der Waals surface area contributed by atoms with E-state index in [1.54, 1.807) is 0 Å². The summed E-state index contributed by atoms with van der Waals surface area (Å²) in [5, 5.41) is 0. The molecule has 0 aromatic rings. The van der Waals surface area contributed by atoms with E-state index in [-0.39, 0.29) is 0 Å². The van der Waals surface area contributed by atoms with Gasteiger partial charge in [-0.1, -0.05) is 51.5 Å². The van der Waals surface area contributed by atoms with E-state index in [1.165, 1.54) is 25.7 Å². The average Bonchev–Trinajstić information content (AvgIpc) is 1.99. The molecule has 0 heteroatoms. The normalized spacial score (nSPS) is 13.6. The van der Waals surface area contributed by atoms with Crippen LogP contribution in [0.1, 0.15) is 39.5 Å². The predicted octanol–water partition coefficient (Wildman–Crippen LogP) is 3.95. The third-order valence-corrected chi connectivity index (χ3v) is 1.88. The monoisotopic (exact) mass is 152 g/mol. The highest BCUT2D eigenvalue weighted by Gasteiger charge is 1.96. The Labute approximate surface area is 71.0 Å². The van der Waals surface area contributed by atoms with Crippen molar-refractivity contribution < 1.29 is 0 Å². The summed E-state index contributed by atoms with van der Waals surface area (Å²) in [6, 6.07) is 0. The van der Waals surface area contributed by atoms with Crippen LogP contribution in [0.15, 0.2) is 24.8 Å². The summed E-state index contributed by atoms with van der Waals surface area (Å²) in [6.07, 6.45) is 11.3. The second-order valence-electron chi connectivity index (χ2n) is 3.14. The van der Waals surface area contributed by atoms with E-state index in [0.717, 1.165) is 5.92 Å². The molecule has 0 N–H and O–H groups in total. The van der Waals surface area contributed by atoms with Crippen LogP contribution in [0.4, 0.5) is 0 Å². The van der Waals surface area contributed by atoms with Crippen molar-refractivity contribution in [1.82, 2.24) is 0 Å². The third-order valence-electron chi connectivity index (χ3n) is 1.88. The Morgan fingerprint density at radius 1 is 1.36 bits per heavy atom. The van der Waals surface area contributed by atoms with Gasteiger partial charge in [0.2, 0.25) is 0 Å². The van der Waals surface area contributed by atoms with Crippen molar-refractivity contribution in [3.63, 3.8) is 0 Å². The molecule has 0 saturated heterocycles. The minimum absolute atomic E-state index is 0.884. The Morgan fingerprint density at radius 2 is 2.09 bits per heavy atom. The van der Waals surface area contributed by atoms with E-state index < -0.39 is 0 Å². The van der Waals surface area contributed by atoms with Gasteiger partial charge < -0.3 is 0 Å². The average molecular weight is 152 g/mol. The van der Waals surface area contributed by atoms with E-state index in [4.69, 9.17) is 0 Å². The highest BCUT2D eigenvalue weighted by atomic mass is 14.0. The van der Waals surface area contributed by atoms with Gasteiger partial charge in [0.1, 0.15) is 0 Å². The van der Waals surface area contributed by atoms with Gasteiger partial charge in [-0.2, -0.15) is 0 Å². The first-order chi connectivity index (χ1) is 5.31. The molecule has 0 aromatic heterocycles. The molecule has 1 unspecified atom stereocenters. The molecule has 0 radical (unpaired) electrons. The minimum Gasteiger partial charge on any atom is -0.0991 e. The molecule has 0 aliphatic heterocycles. The van der Waals surface area contributed by atoms with Crippen LogP contribution in [-0.2, 0) is 0 Å². The molecule has 64 valence electrons. The topological polar surface area (TPSA) is 0 Å². The summed E-state index contributed by atoms with van der Waals surface area (Å²) in [5.41, 5.74) is 0. The summed E-state index contributed by atoms with van der Waals surface area (Å²) in [6.45, 7) is 8.20. The zero-order valence-electron chi connectivity index (χ0n) is 7.84. The Morgan fingerprint density at radius 3 is 2.64 bits per heavy atom. The molecule has 0 heterocycles. The zero-order chi connectivity index (χ0) is 8.53. The molecule has 11 heavy (non-hydrogen) atoms. The minimum atomic E-state index is 0.884. The fourth-order valence-electron chi connectivity index (χ4n) is 1.21. The van der Waals surface area contributed by atoms with E-state index in [9.17, 15) is 0 Å². The van der Waals surface area contributed by atoms with E-state index in [1.807, 2.05) is 12.2 Å². The molecule has 0 saturated carbocycles. The molecular formula is C11H20. The summed E-state index contributed by atoms with van der Waals surface area (Å²) in [4.78, 5) is 0. The third kappa shape index (κ3) is 7.38. The van der Waals surface area contributed by atoms with E-state index in [0.29, 0.717) is 0 Å². The molecule has 0 amide bonds. The molecule has 0 bridgehead atoms. The number of hydrogen-bond acceptors (Lipinski definition) is 0. The molecular weight excluding hydrogens is 132 g/mol. The van der Waals surface area contributed by atoms with Crippen molar-refractivity contribution >= 4 is 0 Å². The lowest BCUT2D eigenvalue weighted by Gasteiger charge is -2.06. The maximum absolute atomic E-state index is 3.63. The van der Waals surface area contributed by atoms with Gasteiger partial charge in [-0.15, -0.1) is 0 Å². The van der Waals surface area contributed by atoms with Crippen molar-refractivity contribution in [2.75, 3.05) is 0 Å². The number of allylic oxidation sites excluding steroid dienone is 3.